The molecular formula is C22H33N3O5. The Morgan fingerprint density at radius 3 is 2.77 bits per heavy atom. The normalized spacial score (nSPS) is 33.4. The van der Waals surface area contributed by atoms with Crippen molar-refractivity contribution in [1.82, 2.24) is 15.5 Å². The zero-order valence-corrected chi connectivity index (χ0v) is 17.5. The monoisotopic (exact) mass is 419 g/mol. The van der Waals surface area contributed by atoms with E-state index in [0.717, 1.165) is 50.2 Å². The maximum absolute atomic E-state index is 12.3. The number of likely N-dealkylation sites (tertiary alicyclic amines) is 1. The molecule has 1 aliphatic carbocycles. The Kier molecular flexibility index (Phi) is 6.48. The minimum Gasteiger partial charge on any atom is -0.497 e. The van der Waals surface area contributed by atoms with Gasteiger partial charge in [0.15, 0.2) is 0 Å². The number of carbonyl (C=O) groups is 1. The van der Waals surface area contributed by atoms with Crippen molar-refractivity contribution < 1.29 is 24.5 Å². The van der Waals surface area contributed by atoms with Gasteiger partial charge in [-0.3, -0.25) is 0 Å². The van der Waals surface area contributed by atoms with E-state index in [0.29, 0.717) is 24.9 Å². The SMILES string of the molecule is COc1ccc(C[C@H]2NC[C@H](O)[C@H]2OC(=O)NCCN2CCC3(CC(O)C3)C2)cc1. The molecule has 3 aliphatic rings. The molecule has 4 N–H and O–H groups in total. The minimum atomic E-state index is -0.720. The van der Waals surface area contributed by atoms with Crippen molar-refractivity contribution in [2.75, 3.05) is 39.8 Å². The fourth-order valence-electron chi connectivity index (χ4n) is 5.11. The van der Waals surface area contributed by atoms with E-state index in [2.05, 4.69) is 15.5 Å². The molecule has 2 saturated heterocycles. The third-order valence-corrected chi connectivity index (χ3v) is 6.77. The largest absolute Gasteiger partial charge is 0.497 e. The number of aliphatic hydroxyl groups excluding tert-OH is 2. The third kappa shape index (κ3) is 4.88. The van der Waals surface area contributed by atoms with Gasteiger partial charge in [0.2, 0.25) is 0 Å². The number of carbonyl (C=O) groups excluding carboxylic acids is 1. The van der Waals surface area contributed by atoms with Crippen molar-refractivity contribution in [2.45, 2.75) is 50.0 Å². The van der Waals surface area contributed by atoms with Crippen LogP contribution in [0.1, 0.15) is 24.8 Å². The predicted octanol–water partition coefficient (Wildman–Crippen LogP) is 0.512. The number of benzene rings is 1. The number of β-amino-alcohol motifs (C(OH)–C–C–N with tert-alkyl or cyclic N) is 1. The Balaban J connectivity index is 1.20. The van der Waals surface area contributed by atoms with Gasteiger partial charge in [-0.25, -0.2) is 4.79 Å². The molecule has 8 nitrogen and oxygen atoms in total. The van der Waals surface area contributed by atoms with Gasteiger partial charge in [0, 0.05) is 26.2 Å². The summed E-state index contributed by atoms with van der Waals surface area (Å²) in [5.74, 6) is 0.794. The second kappa shape index (κ2) is 9.09. The van der Waals surface area contributed by atoms with Crippen molar-refractivity contribution in [3.05, 3.63) is 29.8 Å². The quantitative estimate of drug-likeness (QED) is 0.511. The van der Waals surface area contributed by atoms with Gasteiger partial charge in [-0.1, -0.05) is 12.1 Å². The van der Waals surface area contributed by atoms with E-state index in [1.165, 1.54) is 0 Å². The Hall–Kier alpha value is -1.87. The van der Waals surface area contributed by atoms with Crippen LogP contribution in [0, 0.1) is 5.41 Å². The average Bonchev–Trinajstić information content (AvgIpc) is 3.27. The van der Waals surface area contributed by atoms with Crippen molar-refractivity contribution >= 4 is 6.09 Å². The van der Waals surface area contributed by atoms with Gasteiger partial charge in [0.1, 0.15) is 18.0 Å². The fraction of sp³-hybridized carbons (Fsp3) is 0.682. The zero-order valence-electron chi connectivity index (χ0n) is 17.5. The topological polar surface area (TPSA) is 103 Å². The summed E-state index contributed by atoms with van der Waals surface area (Å²) in [7, 11) is 1.63. The van der Waals surface area contributed by atoms with Crippen LogP contribution in [-0.4, -0.2) is 85.4 Å². The molecule has 166 valence electrons. The van der Waals surface area contributed by atoms with Gasteiger partial charge in [0.25, 0.3) is 0 Å². The van der Waals surface area contributed by atoms with Crippen LogP contribution in [0.3, 0.4) is 0 Å². The number of hydrogen-bond donors (Lipinski definition) is 4. The molecule has 30 heavy (non-hydrogen) atoms. The van der Waals surface area contributed by atoms with E-state index < -0.39 is 18.3 Å². The van der Waals surface area contributed by atoms with Crippen molar-refractivity contribution in [3.8, 4) is 5.75 Å². The molecule has 8 heteroatoms. The highest BCUT2D eigenvalue weighted by atomic mass is 16.6. The van der Waals surface area contributed by atoms with Gasteiger partial charge in [-0.05, 0) is 55.3 Å². The molecule has 2 aliphatic heterocycles. The van der Waals surface area contributed by atoms with Crippen LogP contribution in [0.15, 0.2) is 24.3 Å². The first-order valence-corrected chi connectivity index (χ1v) is 10.9. The third-order valence-electron chi connectivity index (χ3n) is 6.77. The van der Waals surface area contributed by atoms with Crippen LogP contribution < -0.4 is 15.4 Å². The maximum Gasteiger partial charge on any atom is 0.407 e. The summed E-state index contributed by atoms with van der Waals surface area (Å²) in [5.41, 5.74) is 1.38. The number of methoxy groups -OCH3 is 1. The van der Waals surface area contributed by atoms with Gasteiger partial charge >= 0.3 is 6.09 Å². The van der Waals surface area contributed by atoms with Gasteiger partial charge < -0.3 is 35.2 Å². The second-order valence-electron chi connectivity index (χ2n) is 9.02. The molecule has 1 amide bonds. The van der Waals surface area contributed by atoms with Crippen LogP contribution >= 0.6 is 0 Å². The molecule has 1 aromatic rings. The molecule has 1 aromatic carbocycles. The van der Waals surface area contributed by atoms with Crippen LogP contribution in [-0.2, 0) is 11.2 Å². The van der Waals surface area contributed by atoms with Crippen LogP contribution in [0.5, 0.6) is 5.75 Å². The van der Waals surface area contributed by atoms with E-state index in [4.69, 9.17) is 9.47 Å². The molecule has 0 radical (unpaired) electrons. The van der Waals surface area contributed by atoms with E-state index in [1.54, 1.807) is 7.11 Å². The van der Waals surface area contributed by atoms with Crippen molar-refractivity contribution in [2.24, 2.45) is 5.41 Å². The van der Waals surface area contributed by atoms with Crippen LogP contribution in [0.2, 0.25) is 0 Å². The second-order valence-corrected chi connectivity index (χ2v) is 9.02. The molecule has 2 heterocycles. The van der Waals surface area contributed by atoms with Gasteiger partial charge in [-0.2, -0.15) is 0 Å². The van der Waals surface area contributed by atoms with Gasteiger partial charge in [-0.15, -0.1) is 0 Å². The number of nitrogens with one attached hydrogen (secondary N) is 2. The average molecular weight is 420 g/mol. The summed E-state index contributed by atoms with van der Waals surface area (Å²) in [5, 5.41) is 25.9. The molecule has 1 saturated carbocycles. The summed E-state index contributed by atoms with van der Waals surface area (Å²) < 4.78 is 10.7. The number of amides is 1. The number of aliphatic hydroxyl groups is 2. The van der Waals surface area contributed by atoms with Crippen LogP contribution in [0.25, 0.3) is 0 Å². The Bertz CT molecular complexity index is 722. The first kappa shape index (κ1) is 21.4. The zero-order chi connectivity index (χ0) is 21.1. The molecular weight excluding hydrogens is 386 g/mol. The molecule has 0 unspecified atom stereocenters. The number of ether oxygens (including phenoxy) is 2. The maximum atomic E-state index is 12.3. The fourth-order valence-corrected chi connectivity index (χ4v) is 5.11. The molecule has 4 rings (SSSR count). The van der Waals surface area contributed by atoms with E-state index in [-0.39, 0.29) is 12.1 Å². The first-order chi connectivity index (χ1) is 14.5. The highest BCUT2D eigenvalue weighted by Crippen LogP contribution is 2.47. The predicted molar refractivity (Wildman–Crippen MR) is 111 cm³/mol. The number of hydrogen-bond acceptors (Lipinski definition) is 7. The minimum absolute atomic E-state index is 0.129. The number of alkyl carbamates (subject to hydrolysis) is 1. The lowest BCUT2D eigenvalue weighted by Crippen LogP contribution is -2.44. The van der Waals surface area contributed by atoms with Crippen molar-refractivity contribution in [3.63, 3.8) is 0 Å². The highest BCUT2D eigenvalue weighted by Gasteiger charge is 2.47. The molecule has 0 bridgehead atoms. The van der Waals surface area contributed by atoms with Crippen molar-refractivity contribution in [1.29, 1.82) is 0 Å². The van der Waals surface area contributed by atoms with Gasteiger partial charge in [0.05, 0.1) is 19.3 Å². The number of rotatable bonds is 7. The first-order valence-electron chi connectivity index (χ1n) is 10.9. The number of nitrogens with zero attached hydrogens (tertiary/aromatic N) is 1. The Morgan fingerprint density at radius 2 is 2.07 bits per heavy atom. The summed E-state index contributed by atoms with van der Waals surface area (Å²) in [4.78, 5) is 14.6. The lowest BCUT2D eigenvalue weighted by molar-refractivity contribution is -0.0250. The molecule has 0 aromatic heterocycles. The molecule has 3 atom stereocenters. The summed E-state index contributed by atoms with van der Waals surface area (Å²) in [6.07, 6.45) is 1.66. The van der Waals surface area contributed by atoms with E-state index in [9.17, 15) is 15.0 Å². The molecule has 3 fully saturated rings. The van der Waals surface area contributed by atoms with Crippen LogP contribution in [0.4, 0.5) is 4.79 Å². The van der Waals surface area contributed by atoms with E-state index >= 15 is 0 Å². The smallest absolute Gasteiger partial charge is 0.407 e. The highest BCUT2D eigenvalue weighted by molar-refractivity contribution is 5.67. The summed E-state index contributed by atoms with van der Waals surface area (Å²) in [6.45, 7) is 3.69. The lowest BCUT2D eigenvalue weighted by atomic mass is 9.66. The molecule has 1 spiro atoms. The lowest BCUT2D eigenvalue weighted by Gasteiger charge is -2.42. The van der Waals surface area contributed by atoms with E-state index in [1.807, 2.05) is 24.3 Å². The standard InChI is InChI=1S/C22H33N3O5/c1-29-17-4-2-15(3-5-17)10-18-20(19(27)13-24-18)30-21(28)23-7-9-25-8-6-22(14-25)11-16(26)12-22/h2-5,16,18-20,24,26-27H,6-14H2,1H3,(H,23,28)/t16?,18-,19+,20+,22?/m1/s1. The summed E-state index contributed by atoms with van der Waals surface area (Å²) in [6, 6.07) is 7.62. The Morgan fingerprint density at radius 1 is 1.30 bits per heavy atom. The summed E-state index contributed by atoms with van der Waals surface area (Å²) >= 11 is 0. The Labute approximate surface area is 177 Å².